The van der Waals surface area contributed by atoms with Crippen molar-refractivity contribution < 1.29 is 4.79 Å². The average molecular weight is 426 g/mol. The van der Waals surface area contributed by atoms with Crippen LogP contribution in [0.1, 0.15) is 24.9 Å². The van der Waals surface area contributed by atoms with E-state index in [2.05, 4.69) is 10.1 Å². The molecule has 1 unspecified atom stereocenters. The molecule has 8 heteroatoms. The molecule has 1 aromatic carbocycles. The summed E-state index contributed by atoms with van der Waals surface area (Å²) in [6, 6.07) is 7.21. The Bertz CT molecular complexity index is 1210. The fraction of sp³-hybridized carbons (Fsp3) is 0.364. The van der Waals surface area contributed by atoms with Crippen LogP contribution in [-0.2, 0) is 11.3 Å². The van der Waals surface area contributed by atoms with Crippen LogP contribution in [0.4, 0.5) is 0 Å². The molecule has 30 heavy (non-hydrogen) atoms. The van der Waals surface area contributed by atoms with E-state index in [0.717, 1.165) is 16.9 Å². The molecule has 2 aromatic heterocycles. The largest absolute Gasteiger partial charge is 0.338 e. The van der Waals surface area contributed by atoms with Gasteiger partial charge in [-0.3, -0.25) is 14.3 Å². The molecule has 156 valence electrons. The summed E-state index contributed by atoms with van der Waals surface area (Å²) in [6.45, 7) is 7.40. The van der Waals surface area contributed by atoms with Gasteiger partial charge in [0, 0.05) is 36.4 Å². The van der Waals surface area contributed by atoms with Crippen molar-refractivity contribution in [2.45, 2.75) is 33.7 Å². The summed E-state index contributed by atoms with van der Waals surface area (Å²) >= 11 is 6.07. The minimum Gasteiger partial charge on any atom is -0.338 e. The smallest absolute Gasteiger partial charge is 0.280 e. The van der Waals surface area contributed by atoms with Gasteiger partial charge >= 0.3 is 0 Å². The van der Waals surface area contributed by atoms with Crippen molar-refractivity contribution >= 4 is 34.1 Å². The molecule has 0 saturated heterocycles. The van der Waals surface area contributed by atoms with Crippen molar-refractivity contribution in [3.63, 3.8) is 0 Å². The van der Waals surface area contributed by atoms with E-state index in [9.17, 15) is 9.59 Å². The van der Waals surface area contributed by atoms with Gasteiger partial charge in [-0.05, 0) is 44.2 Å². The normalized spacial score (nSPS) is 15.3. The van der Waals surface area contributed by atoms with Gasteiger partial charge in [0.25, 0.3) is 5.56 Å². The van der Waals surface area contributed by atoms with Gasteiger partial charge in [0.05, 0.1) is 29.1 Å². The third kappa shape index (κ3) is 3.89. The fourth-order valence-electron chi connectivity index (χ4n) is 3.97. The standard InChI is InChI=1S/C22H24ClN5O2/c1-14(13-27-11-6-15(2)25-27)22(30)26-9-7-18(8-10-26)28-16(3)24-21(29)19-12-17(23)4-5-20(19)28/h4-7,11-12,14H,8-10,13H2,1-3H3. The molecule has 0 spiro atoms. The Labute approximate surface area is 179 Å². The highest BCUT2D eigenvalue weighted by molar-refractivity contribution is 6.31. The molecule has 7 nitrogen and oxygen atoms in total. The number of aryl methyl sites for hydroxylation is 2. The second-order valence-electron chi connectivity index (χ2n) is 7.77. The van der Waals surface area contributed by atoms with E-state index in [4.69, 9.17) is 11.6 Å². The van der Waals surface area contributed by atoms with Gasteiger partial charge in [0.1, 0.15) is 5.82 Å². The first-order valence-corrected chi connectivity index (χ1v) is 10.4. The third-order valence-electron chi connectivity index (χ3n) is 5.46. The third-order valence-corrected chi connectivity index (χ3v) is 5.69. The minimum atomic E-state index is -0.280. The van der Waals surface area contributed by atoms with Crippen LogP contribution in [0.2, 0.25) is 5.02 Å². The summed E-state index contributed by atoms with van der Waals surface area (Å²) in [4.78, 5) is 31.2. The molecule has 0 saturated carbocycles. The van der Waals surface area contributed by atoms with Crippen LogP contribution < -0.4 is 5.56 Å². The van der Waals surface area contributed by atoms with Gasteiger partial charge in [-0.2, -0.15) is 10.1 Å². The van der Waals surface area contributed by atoms with Crippen LogP contribution in [0.25, 0.3) is 16.6 Å². The van der Waals surface area contributed by atoms with Gasteiger partial charge in [-0.15, -0.1) is 0 Å². The lowest BCUT2D eigenvalue weighted by atomic mass is 10.1. The van der Waals surface area contributed by atoms with Crippen LogP contribution in [0, 0.1) is 19.8 Å². The van der Waals surface area contributed by atoms with E-state index >= 15 is 0 Å². The van der Waals surface area contributed by atoms with Crippen molar-refractivity contribution in [1.29, 1.82) is 0 Å². The number of benzene rings is 1. The molecule has 3 heterocycles. The monoisotopic (exact) mass is 425 g/mol. The van der Waals surface area contributed by atoms with Gasteiger partial charge < -0.3 is 9.47 Å². The molecule has 3 aromatic rings. The zero-order valence-corrected chi connectivity index (χ0v) is 18.1. The van der Waals surface area contributed by atoms with E-state index in [1.165, 1.54) is 0 Å². The minimum absolute atomic E-state index is 0.116. The molecule has 4 rings (SSSR count). The lowest BCUT2D eigenvalue weighted by molar-refractivity contribution is -0.135. The van der Waals surface area contributed by atoms with Crippen LogP contribution >= 0.6 is 11.6 Å². The van der Waals surface area contributed by atoms with Gasteiger partial charge in [-0.1, -0.05) is 18.5 Å². The summed E-state index contributed by atoms with van der Waals surface area (Å²) in [5, 5.41) is 5.37. The number of halogens is 1. The van der Waals surface area contributed by atoms with E-state index < -0.39 is 0 Å². The predicted molar refractivity (Wildman–Crippen MR) is 117 cm³/mol. The lowest BCUT2D eigenvalue weighted by Crippen LogP contribution is -2.40. The molecule has 1 atom stereocenters. The molecule has 1 aliphatic rings. The Morgan fingerprint density at radius 1 is 1.27 bits per heavy atom. The number of amides is 1. The van der Waals surface area contributed by atoms with Crippen LogP contribution in [0.15, 0.2) is 41.3 Å². The number of fused-ring (bicyclic) bond motifs is 1. The quantitative estimate of drug-likeness (QED) is 0.643. The fourth-order valence-corrected chi connectivity index (χ4v) is 4.14. The van der Waals surface area contributed by atoms with Gasteiger partial charge in [-0.25, -0.2) is 0 Å². The summed E-state index contributed by atoms with van der Waals surface area (Å²) in [6.07, 6.45) is 4.62. The number of aromatic nitrogens is 4. The lowest BCUT2D eigenvalue weighted by Gasteiger charge is -2.30. The maximum Gasteiger partial charge on any atom is 0.280 e. The van der Waals surface area contributed by atoms with E-state index in [-0.39, 0.29) is 17.4 Å². The molecule has 1 aliphatic heterocycles. The van der Waals surface area contributed by atoms with Crippen molar-refractivity contribution in [3.8, 4) is 0 Å². The van der Waals surface area contributed by atoms with E-state index in [1.54, 1.807) is 12.1 Å². The highest BCUT2D eigenvalue weighted by Crippen LogP contribution is 2.24. The molecule has 0 bridgehead atoms. The van der Waals surface area contributed by atoms with Crippen molar-refractivity contribution in [2.75, 3.05) is 13.1 Å². The molecule has 0 fully saturated rings. The summed E-state index contributed by atoms with van der Waals surface area (Å²) < 4.78 is 3.81. The topological polar surface area (TPSA) is 73.0 Å². The maximum atomic E-state index is 12.9. The van der Waals surface area contributed by atoms with Gasteiger partial charge in [0.2, 0.25) is 5.91 Å². The first kappa shape index (κ1) is 20.3. The molecule has 0 aliphatic carbocycles. The summed E-state index contributed by atoms with van der Waals surface area (Å²) in [7, 11) is 0. The van der Waals surface area contributed by atoms with Gasteiger partial charge in [0.15, 0.2) is 0 Å². The molecule has 0 radical (unpaired) electrons. The summed E-state index contributed by atoms with van der Waals surface area (Å²) in [5.41, 5.74) is 2.48. The zero-order chi connectivity index (χ0) is 21.4. The van der Waals surface area contributed by atoms with E-state index in [1.807, 2.05) is 59.3 Å². The average Bonchev–Trinajstić information content (AvgIpc) is 3.13. The zero-order valence-electron chi connectivity index (χ0n) is 17.3. The van der Waals surface area contributed by atoms with Crippen LogP contribution in [0.5, 0.6) is 0 Å². The second-order valence-corrected chi connectivity index (χ2v) is 8.21. The van der Waals surface area contributed by atoms with E-state index in [0.29, 0.717) is 42.3 Å². The number of hydrogen-bond acceptors (Lipinski definition) is 4. The Balaban J connectivity index is 1.55. The predicted octanol–water partition coefficient (Wildman–Crippen LogP) is 3.27. The first-order chi connectivity index (χ1) is 14.3. The first-order valence-electron chi connectivity index (χ1n) is 10.0. The van der Waals surface area contributed by atoms with Crippen molar-refractivity contribution in [3.05, 3.63) is 63.4 Å². The highest BCUT2D eigenvalue weighted by Gasteiger charge is 2.24. The van der Waals surface area contributed by atoms with Crippen LogP contribution in [0.3, 0.4) is 0 Å². The highest BCUT2D eigenvalue weighted by atomic mass is 35.5. The summed E-state index contributed by atoms with van der Waals surface area (Å²) in [5.74, 6) is 0.589. The van der Waals surface area contributed by atoms with Crippen molar-refractivity contribution in [2.24, 2.45) is 5.92 Å². The second kappa shape index (κ2) is 8.07. The Kier molecular flexibility index (Phi) is 5.47. The number of carbonyl (C=O) groups is 1. The molecular weight excluding hydrogens is 402 g/mol. The molecule has 1 amide bonds. The number of nitrogens with zero attached hydrogens (tertiary/aromatic N) is 5. The Hall–Kier alpha value is -2.93. The number of hydrogen-bond donors (Lipinski definition) is 0. The molecular formula is C22H24ClN5O2. The Morgan fingerprint density at radius 2 is 2.07 bits per heavy atom. The van der Waals surface area contributed by atoms with Crippen LogP contribution in [-0.4, -0.2) is 43.2 Å². The molecule has 0 N–H and O–H groups in total. The number of carbonyl (C=O) groups excluding carboxylic acids is 1. The Morgan fingerprint density at radius 3 is 2.73 bits per heavy atom. The maximum absolute atomic E-state index is 12.9. The number of rotatable bonds is 4. The SMILES string of the molecule is Cc1ccn(CC(C)C(=O)N2CC=C(n3c(C)nc(=O)c4cc(Cl)ccc43)CC2)n1. The van der Waals surface area contributed by atoms with Crippen molar-refractivity contribution in [1.82, 2.24) is 24.2 Å².